The maximum absolute atomic E-state index is 12.6. The van der Waals surface area contributed by atoms with Gasteiger partial charge in [0.15, 0.2) is 0 Å². The van der Waals surface area contributed by atoms with Gasteiger partial charge >= 0.3 is 5.97 Å². The summed E-state index contributed by atoms with van der Waals surface area (Å²) in [7, 11) is 0. The molecule has 1 aromatic rings. The Labute approximate surface area is 139 Å². The first-order valence-corrected chi connectivity index (χ1v) is 8.34. The van der Waals surface area contributed by atoms with Crippen LogP contribution in [-0.2, 0) is 4.79 Å². The molecule has 122 valence electrons. The maximum Gasteiger partial charge on any atom is 0.307 e. The summed E-state index contributed by atoms with van der Waals surface area (Å²) in [4.78, 5) is 24.2. The van der Waals surface area contributed by atoms with Gasteiger partial charge in [0.2, 0.25) is 0 Å². The Hall–Kier alpha value is -1.75. The molecule has 2 bridgehead atoms. The summed E-state index contributed by atoms with van der Waals surface area (Å²) in [5, 5.41) is 16.7. The van der Waals surface area contributed by atoms with E-state index in [9.17, 15) is 14.7 Å². The molecule has 1 aliphatic heterocycles. The zero-order valence-electron chi connectivity index (χ0n) is 12.9. The molecule has 3 aliphatic carbocycles. The van der Waals surface area contributed by atoms with E-state index in [0.29, 0.717) is 23.4 Å². The van der Waals surface area contributed by atoms with Gasteiger partial charge in [-0.3, -0.25) is 9.59 Å². The van der Waals surface area contributed by atoms with E-state index in [2.05, 4.69) is 10.6 Å². The molecular formula is C17H19ClN2O3. The van der Waals surface area contributed by atoms with Gasteiger partial charge < -0.3 is 15.7 Å². The minimum absolute atomic E-state index is 0.123. The number of carbonyl (C=O) groups excluding carboxylic acids is 1. The Morgan fingerprint density at radius 2 is 2.17 bits per heavy atom. The maximum atomic E-state index is 12.6. The molecule has 5 nitrogen and oxygen atoms in total. The summed E-state index contributed by atoms with van der Waals surface area (Å²) < 4.78 is 0. The van der Waals surface area contributed by atoms with Gasteiger partial charge in [0, 0.05) is 16.6 Å². The Morgan fingerprint density at radius 1 is 1.39 bits per heavy atom. The number of benzene rings is 1. The smallest absolute Gasteiger partial charge is 0.307 e. The SMILES string of the molecule is C[C@@]12CC[C@@H](C[C@H]1C(=O)O)[C@@]1(C2)NC(=O)c2cc(Cl)ccc2N1. The standard InChI is InChI=1S/C17H19ClN2O3/c1-16-5-4-9(6-12(16)15(22)23)17(8-16)19-13-3-2-10(18)7-11(13)14(21)20-17/h2-3,7,9,12,19H,4-6,8H2,1H3,(H,20,21)(H,22,23)/t9-,12-,16-,17+/m0/s1. The number of amides is 1. The first-order chi connectivity index (χ1) is 10.8. The number of carbonyl (C=O) groups is 2. The van der Waals surface area contributed by atoms with E-state index in [1.165, 1.54) is 0 Å². The lowest BCUT2D eigenvalue weighted by Crippen LogP contribution is -2.69. The van der Waals surface area contributed by atoms with Crippen LogP contribution in [0.3, 0.4) is 0 Å². The van der Waals surface area contributed by atoms with Gasteiger partial charge in [-0.05, 0) is 49.3 Å². The average Bonchev–Trinajstić information content (AvgIpc) is 2.47. The number of fused-ring (bicyclic) bond motifs is 3. The summed E-state index contributed by atoms with van der Waals surface area (Å²) in [5.41, 5.74) is 0.479. The van der Waals surface area contributed by atoms with E-state index < -0.39 is 11.6 Å². The first-order valence-electron chi connectivity index (χ1n) is 7.96. The number of nitrogens with one attached hydrogen (secondary N) is 2. The third kappa shape index (κ3) is 2.06. The number of carboxylic acid groups (broad SMARTS) is 1. The zero-order chi connectivity index (χ0) is 16.4. The van der Waals surface area contributed by atoms with Gasteiger partial charge in [-0.2, -0.15) is 0 Å². The zero-order valence-corrected chi connectivity index (χ0v) is 13.6. The van der Waals surface area contributed by atoms with Crippen molar-refractivity contribution in [3.8, 4) is 0 Å². The van der Waals surface area contributed by atoms with Crippen molar-refractivity contribution in [3.05, 3.63) is 28.8 Å². The molecule has 4 atom stereocenters. The van der Waals surface area contributed by atoms with Crippen molar-refractivity contribution in [3.63, 3.8) is 0 Å². The molecule has 1 heterocycles. The van der Waals surface area contributed by atoms with E-state index >= 15 is 0 Å². The second-order valence-corrected chi connectivity index (χ2v) is 7.87. The second-order valence-electron chi connectivity index (χ2n) is 7.43. The van der Waals surface area contributed by atoms with Crippen molar-refractivity contribution in [1.82, 2.24) is 5.32 Å². The summed E-state index contributed by atoms with van der Waals surface area (Å²) in [6, 6.07) is 5.26. The molecule has 1 spiro atoms. The van der Waals surface area contributed by atoms with Gasteiger partial charge in [-0.25, -0.2) is 0 Å². The van der Waals surface area contributed by atoms with E-state index in [1.807, 2.05) is 13.0 Å². The fourth-order valence-corrected chi connectivity index (χ4v) is 5.02. The van der Waals surface area contributed by atoms with E-state index in [4.69, 9.17) is 11.6 Å². The molecule has 0 unspecified atom stereocenters. The molecule has 3 saturated carbocycles. The normalized spacial score (nSPS) is 37.9. The van der Waals surface area contributed by atoms with Gasteiger partial charge in [0.25, 0.3) is 5.91 Å². The van der Waals surface area contributed by atoms with Crippen LogP contribution >= 0.6 is 11.6 Å². The highest BCUT2D eigenvalue weighted by Crippen LogP contribution is 2.58. The molecule has 4 aliphatic rings. The summed E-state index contributed by atoms with van der Waals surface area (Å²) in [6.07, 6.45) is 3.05. The lowest BCUT2D eigenvalue weighted by molar-refractivity contribution is -0.156. The van der Waals surface area contributed by atoms with Gasteiger partial charge in [0.1, 0.15) is 5.66 Å². The van der Waals surface area contributed by atoms with Crippen LogP contribution in [0.2, 0.25) is 5.02 Å². The Kier molecular flexibility index (Phi) is 2.98. The van der Waals surface area contributed by atoms with Crippen molar-refractivity contribution in [2.24, 2.45) is 17.3 Å². The highest BCUT2D eigenvalue weighted by Gasteiger charge is 2.60. The molecule has 0 aromatic heterocycles. The molecule has 1 amide bonds. The molecular weight excluding hydrogens is 316 g/mol. The van der Waals surface area contributed by atoms with E-state index in [1.54, 1.807) is 12.1 Å². The van der Waals surface area contributed by atoms with Crippen LogP contribution in [0.15, 0.2) is 18.2 Å². The highest BCUT2D eigenvalue weighted by atomic mass is 35.5. The number of halogens is 1. The van der Waals surface area contributed by atoms with Crippen molar-refractivity contribution < 1.29 is 14.7 Å². The highest BCUT2D eigenvalue weighted by molar-refractivity contribution is 6.31. The number of hydrogen-bond donors (Lipinski definition) is 3. The minimum Gasteiger partial charge on any atom is -0.481 e. The lowest BCUT2D eigenvalue weighted by atomic mass is 9.51. The molecule has 23 heavy (non-hydrogen) atoms. The van der Waals surface area contributed by atoms with E-state index in [-0.39, 0.29) is 23.2 Å². The van der Waals surface area contributed by atoms with Crippen LogP contribution in [0, 0.1) is 17.3 Å². The van der Waals surface area contributed by atoms with E-state index in [0.717, 1.165) is 18.5 Å². The number of anilines is 1. The Balaban J connectivity index is 1.73. The third-order valence-corrected chi connectivity index (χ3v) is 6.26. The average molecular weight is 335 g/mol. The van der Waals surface area contributed by atoms with Crippen LogP contribution in [0.1, 0.15) is 43.0 Å². The fraction of sp³-hybridized carbons (Fsp3) is 0.529. The summed E-state index contributed by atoms with van der Waals surface area (Å²) in [5.74, 6) is -1.07. The quantitative estimate of drug-likeness (QED) is 0.737. The van der Waals surface area contributed by atoms with Crippen LogP contribution in [0.4, 0.5) is 5.69 Å². The van der Waals surface area contributed by atoms with Gasteiger partial charge in [0.05, 0.1) is 11.5 Å². The van der Waals surface area contributed by atoms with Gasteiger partial charge in [-0.1, -0.05) is 18.5 Å². The van der Waals surface area contributed by atoms with Crippen LogP contribution in [-0.4, -0.2) is 22.6 Å². The Morgan fingerprint density at radius 3 is 2.87 bits per heavy atom. The summed E-state index contributed by atoms with van der Waals surface area (Å²) >= 11 is 5.99. The van der Waals surface area contributed by atoms with Crippen LogP contribution in [0.5, 0.6) is 0 Å². The van der Waals surface area contributed by atoms with Crippen LogP contribution < -0.4 is 10.6 Å². The fourth-order valence-electron chi connectivity index (χ4n) is 4.85. The third-order valence-electron chi connectivity index (χ3n) is 6.02. The molecule has 3 fully saturated rings. The number of rotatable bonds is 1. The summed E-state index contributed by atoms with van der Waals surface area (Å²) in [6.45, 7) is 2.04. The minimum atomic E-state index is -0.721. The molecule has 1 aromatic carbocycles. The van der Waals surface area contributed by atoms with Crippen molar-refractivity contribution in [1.29, 1.82) is 0 Å². The predicted octanol–water partition coefficient (Wildman–Crippen LogP) is 3.10. The number of carboxylic acids is 1. The second kappa shape index (κ2) is 4.63. The topological polar surface area (TPSA) is 78.4 Å². The van der Waals surface area contributed by atoms with Crippen LogP contribution in [0.25, 0.3) is 0 Å². The largest absolute Gasteiger partial charge is 0.481 e. The Bertz CT molecular complexity index is 722. The lowest BCUT2D eigenvalue weighted by Gasteiger charge is -2.60. The molecule has 0 radical (unpaired) electrons. The van der Waals surface area contributed by atoms with Crippen molar-refractivity contribution >= 4 is 29.2 Å². The molecule has 5 rings (SSSR count). The number of aliphatic carboxylic acids is 1. The molecule has 6 heteroatoms. The predicted molar refractivity (Wildman–Crippen MR) is 86.5 cm³/mol. The first kappa shape index (κ1) is 14.8. The molecule has 3 N–H and O–H groups in total. The van der Waals surface area contributed by atoms with Crippen molar-refractivity contribution in [2.75, 3.05) is 5.32 Å². The molecule has 0 saturated heterocycles. The monoisotopic (exact) mass is 334 g/mol. The number of hydrogen-bond acceptors (Lipinski definition) is 3. The van der Waals surface area contributed by atoms with Crippen molar-refractivity contribution in [2.45, 2.75) is 38.3 Å². The van der Waals surface area contributed by atoms with Gasteiger partial charge in [-0.15, -0.1) is 0 Å².